The fraction of sp³-hybridized carbons (Fsp3) is 0.0417. The average Bonchev–Trinajstić information content (AvgIpc) is 3.19. The van der Waals surface area contributed by atoms with Gasteiger partial charge in [-0.05, 0) is 43.4 Å². The van der Waals surface area contributed by atoms with Crippen molar-refractivity contribution in [2.45, 2.75) is 6.04 Å². The van der Waals surface area contributed by atoms with Gasteiger partial charge < -0.3 is 5.73 Å². The van der Waals surface area contributed by atoms with Crippen molar-refractivity contribution in [1.29, 1.82) is 0 Å². The van der Waals surface area contributed by atoms with Crippen molar-refractivity contribution in [1.82, 2.24) is 0 Å². The van der Waals surface area contributed by atoms with Gasteiger partial charge in [0.25, 0.3) is 0 Å². The summed E-state index contributed by atoms with van der Waals surface area (Å²) in [4.78, 5) is 0. The van der Waals surface area contributed by atoms with Crippen LogP contribution in [0.15, 0.2) is 91.0 Å². The molecule has 127 valence electrons. The highest BCUT2D eigenvalue weighted by Gasteiger charge is 2.40. The molecule has 1 atom stereocenters. The lowest BCUT2D eigenvalue weighted by atomic mass is 9.92. The van der Waals surface area contributed by atoms with Crippen molar-refractivity contribution >= 4 is 18.5 Å². The molecule has 5 radical (unpaired) electrons. The maximum absolute atomic E-state index is 6.67. The lowest BCUT2D eigenvalue weighted by Crippen LogP contribution is -2.26. The molecule has 0 unspecified atom stereocenters. The van der Waals surface area contributed by atoms with Crippen molar-refractivity contribution in [2.24, 2.45) is 5.73 Å². The first kappa shape index (κ1) is 17.5. The van der Waals surface area contributed by atoms with Crippen LogP contribution in [0.4, 0.5) is 0 Å². The van der Waals surface area contributed by atoms with Gasteiger partial charge in [-0.2, -0.15) is 0 Å². The summed E-state index contributed by atoms with van der Waals surface area (Å²) in [5.41, 5.74) is 9.16. The van der Waals surface area contributed by atoms with Crippen LogP contribution >= 0.6 is 7.92 Å². The number of nitrogens with two attached hydrogens (primary N) is 1. The van der Waals surface area contributed by atoms with Gasteiger partial charge >= 0.3 is 0 Å². The van der Waals surface area contributed by atoms with Gasteiger partial charge in [-0.25, -0.2) is 0 Å². The molecule has 2 heteroatoms. The molecule has 0 aliphatic heterocycles. The summed E-state index contributed by atoms with van der Waals surface area (Å²) < 4.78 is 0. The highest BCUT2D eigenvalue weighted by atomic mass is 31.1. The third kappa shape index (κ3) is 3.61. The summed E-state index contributed by atoms with van der Waals surface area (Å²) in [6.07, 6.45) is 6.55. The van der Waals surface area contributed by atoms with Gasteiger partial charge in [0.2, 0.25) is 0 Å². The zero-order valence-corrected chi connectivity index (χ0v) is 15.4. The van der Waals surface area contributed by atoms with E-state index in [9.17, 15) is 0 Å². The van der Waals surface area contributed by atoms with E-state index in [1.165, 1.54) is 22.2 Å². The number of rotatable bonds is 5. The molecule has 3 aromatic carbocycles. The van der Waals surface area contributed by atoms with Crippen LogP contribution in [0.5, 0.6) is 0 Å². The van der Waals surface area contributed by atoms with Gasteiger partial charge in [0, 0.05) is 17.6 Å². The average molecular weight is 354 g/mol. The lowest BCUT2D eigenvalue weighted by Gasteiger charge is -2.32. The smallest absolute Gasteiger partial charge is 0.0371 e. The molecule has 2 N–H and O–H groups in total. The first-order valence-electron chi connectivity index (χ1n) is 8.81. The zero-order chi connectivity index (χ0) is 17.8. The van der Waals surface area contributed by atoms with E-state index < -0.39 is 7.92 Å². The van der Waals surface area contributed by atoms with Crippen molar-refractivity contribution in [3.63, 3.8) is 0 Å². The zero-order valence-electron chi connectivity index (χ0n) is 14.5. The molecule has 0 spiro atoms. The normalized spacial score (nSPS) is 16.8. The van der Waals surface area contributed by atoms with E-state index >= 15 is 0 Å². The van der Waals surface area contributed by atoms with Crippen molar-refractivity contribution in [2.75, 3.05) is 0 Å². The monoisotopic (exact) mass is 354 g/mol. The van der Waals surface area contributed by atoms with Crippen LogP contribution in [0.25, 0.3) is 0 Å². The van der Waals surface area contributed by atoms with Crippen LogP contribution in [-0.4, -0.2) is 0 Å². The Labute approximate surface area is 158 Å². The van der Waals surface area contributed by atoms with E-state index in [1.807, 2.05) is 6.07 Å². The van der Waals surface area contributed by atoms with Crippen LogP contribution in [0, 0.1) is 30.8 Å². The molecule has 1 nitrogen and oxygen atoms in total. The van der Waals surface area contributed by atoms with Crippen LogP contribution in [0.1, 0.15) is 11.6 Å². The first-order chi connectivity index (χ1) is 12.8. The Morgan fingerprint density at radius 3 is 1.65 bits per heavy atom. The van der Waals surface area contributed by atoms with Crippen LogP contribution in [0.2, 0.25) is 0 Å². The van der Waals surface area contributed by atoms with E-state index in [0.717, 1.165) is 5.56 Å². The van der Waals surface area contributed by atoms with Gasteiger partial charge in [0.15, 0.2) is 0 Å². The maximum Gasteiger partial charge on any atom is 0.0371 e. The molecule has 3 aromatic rings. The Kier molecular flexibility index (Phi) is 5.48. The van der Waals surface area contributed by atoms with E-state index in [-0.39, 0.29) is 6.04 Å². The third-order valence-electron chi connectivity index (χ3n) is 4.59. The highest BCUT2D eigenvalue weighted by molar-refractivity contribution is 7.76. The second kappa shape index (κ2) is 8.16. The molecule has 26 heavy (non-hydrogen) atoms. The molecule has 1 fully saturated rings. The fourth-order valence-electron chi connectivity index (χ4n) is 3.31. The summed E-state index contributed by atoms with van der Waals surface area (Å²) >= 11 is 0. The first-order valence-corrected chi connectivity index (χ1v) is 10.1. The highest BCUT2D eigenvalue weighted by Crippen LogP contribution is 2.58. The maximum atomic E-state index is 6.67. The second-order valence-electron chi connectivity index (χ2n) is 6.26. The Morgan fingerprint density at radius 1 is 0.615 bits per heavy atom. The molecule has 1 saturated carbocycles. The Hall–Kier alpha value is -1.95. The summed E-state index contributed by atoms with van der Waals surface area (Å²) in [7, 11) is -0.633. The van der Waals surface area contributed by atoms with Crippen molar-refractivity contribution in [3.05, 3.63) is 127 Å². The third-order valence-corrected chi connectivity index (χ3v) is 7.11. The lowest BCUT2D eigenvalue weighted by molar-refractivity contribution is 0.778. The second-order valence-corrected chi connectivity index (χ2v) is 8.45. The van der Waals surface area contributed by atoms with Crippen LogP contribution in [0.3, 0.4) is 0 Å². The van der Waals surface area contributed by atoms with Crippen molar-refractivity contribution in [3.8, 4) is 0 Å². The Balaban J connectivity index is 1.71. The number of hydrogen-bond donors (Lipinski definition) is 1. The quantitative estimate of drug-likeness (QED) is 0.668. The molecule has 0 saturated heterocycles. The van der Waals surface area contributed by atoms with Crippen LogP contribution < -0.4 is 16.3 Å². The van der Waals surface area contributed by atoms with Crippen LogP contribution in [-0.2, 0) is 0 Å². The standard InChI is InChI=1S/C24H21NP/c25-24(19-11-4-1-5-12-19)22-17-10-18-23(22)26(20-13-6-2-7-14-20)21-15-8-3-9-16-21/h1-18,24H,25H2/t24-/m0/s1. The topological polar surface area (TPSA) is 26.0 Å². The minimum Gasteiger partial charge on any atom is -0.323 e. The molecule has 0 amide bonds. The molecular weight excluding hydrogens is 333 g/mol. The number of hydrogen-bond acceptors (Lipinski definition) is 1. The molecular formula is C24H21NP. The molecule has 1 aliphatic carbocycles. The minimum atomic E-state index is -0.633. The van der Waals surface area contributed by atoms with E-state index in [4.69, 9.17) is 5.73 Å². The summed E-state index contributed by atoms with van der Waals surface area (Å²) in [6, 6.07) is 31.8. The Bertz CT molecular complexity index is 764. The van der Waals surface area contributed by atoms with Gasteiger partial charge in [0.05, 0.1) is 0 Å². The fourth-order valence-corrected chi connectivity index (χ4v) is 5.81. The molecule has 0 heterocycles. The molecule has 0 aromatic heterocycles. The predicted molar refractivity (Wildman–Crippen MR) is 112 cm³/mol. The molecule has 0 bridgehead atoms. The summed E-state index contributed by atoms with van der Waals surface area (Å²) in [6.45, 7) is 0. The van der Waals surface area contributed by atoms with Gasteiger partial charge in [-0.3, -0.25) is 0 Å². The number of benzene rings is 3. The van der Waals surface area contributed by atoms with Gasteiger partial charge in [-0.15, -0.1) is 0 Å². The van der Waals surface area contributed by atoms with Gasteiger partial charge in [0.1, 0.15) is 0 Å². The largest absolute Gasteiger partial charge is 0.323 e. The Morgan fingerprint density at radius 2 is 1.12 bits per heavy atom. The predicted octanol–water partition coefficient (Wildman–Crippen LogP) is 4.55. The van der Waals surface area contributed by atoms with Gasteiger partial charge in [-0.1, -0.05) is 91.0 Å². The van der Waals surface area contributed by atoms with E-state index in [0.29, 0.717) is 0 Å². The summed E-state index contributed by atoms with van der Waals surface area (Å²) in [5, 5.41) is 2.70. The van der Waals surface area contributed by atoms with Crippen molar-refractivity contribution < 1.29 is 0 Å². The molecule has 4 rings (SSSR count). The van der Waals surface area contributed by atoms with E-state index in [2.05, 4.69) is 104 Å². The summed E-state index contributed by atoms with van der Waals surface area (Å²) in [5.74, 6) is 1.22. The molecule has 1 aliphatic rings. The SMILES string of the molecule is N[C@H]([C]1[CH][CH][CH][C]1P(c1ccccc1)c1ccccc1)c1ccccc1. The minimum absolute atomic E-state index is 0.112. The van der Waals surface area contributed by atoms with E-state index in [1.54, 1.807) is 0 Å².